The van der Waals surface area contributed by atoms with Crippen LogP contribution < -0.4 is 4.90 Å². The van der Waals surface area contributed by atoms with Gasteiger partial charge in [-0.05, 0) is 43.2 Å². The molecule has 3 unspecified atom stereocenters. The monoisotopic (exact) mass is 325 g/mol. The first-order valence-corrected chi connectivity index (χ1v) is 8.53. The van der Waals surface area contributed by atoms with Gasteiger partial charge in [0.15, 0.2) is 0 Å². The quantitative estimate of drug-likeness (QED) is 0.831. The Morgan fingerprint density at radius 2 is 1.78 bits per heavy atom. The van der Waals surface area contributed by atoms with Gasteiger partial charge in [0.25, 0.3) is 0 Å². The van der Waals surface area contributed by atoms with Crippen LogP contribution in [-0.4, -0.2) is 42.1 Å². The Labute approximate surface area is 134 Å². The molecule has 1 saturated heterocycles. The zero-order valence-electron chi connectivity index (χ0n) is 13.1. The lowest BCUT2D eigenvalue weighted by molar-refractivity contribution is -0.137. The third-order valence-corrected chi connectivity index (χ3v) is 5.88. The summed E-state index contributed by atoms with van der Waals surface area (Å²) >= 11 is 0. The van der Waals surface area contributed by atoms with Gasteiger partial charge in [0, 0.05) is 38.4 Å². The topological polar surface area (TPSA) is 19.4 Å². The first kappa shape index (κ1) is 15.2. The molecule has 0 amide bonds. The molecule has 23 heavy (non-hydrogen) atoms. The van der Waals surface area contributed by atoms with E-state index in [-0.39, 0.29) is 0 Å². The number of nitrogens with zero attached hydrogens (tertiary/aromatic N) is 3. The molecular formula is C17H22F3N3. The van der Waals surface area contributed by atoms with E-state index in [2.05, 4.69) is 14.8 Å². The first-order valence-electron chi connectivity index (χ1n) is 8.53. The van der Waals surface area contributed by atoms with Crippen molar-refractivity contribution in [2.45, 2.75) is 37.9 Å². The summed E-state index contributed by atoms with van der Waals surface area (Å²) in [5.41, 5.74) is -0.679. The Morgan fingerprint density at radius 1 is 1.00 bits per heavy atom. The molecule has 2 heterocycles. The number of piperazine rings is 1. The maximum Gasteiger partial charge on any atom is 0.417 e. The lowest BCUT2D eigenvalue weighted by Gasteiger charge is -2.41. The molecule has 1 aromatic heterocycles. The molecule has 0 N–H and O–H groups in total. The number of alkyl halides is 3. The third kappa shape index (κ3) is 2.93. The van der Waals surface area contributed by atoms with Gasteiger partial charge in [-0.2, -0.15) is 13.2 Å². The lowest BCUT2D eigenvalue weighted by atomic mass is 9.93. The number of hydrogen-bond donors (Lipinski definition) is 0. The number of rotatable bonds is 2. The van der Waals surface area contributed by atoms with Crippen molar-refractivity contribution < 1.29 is 13.2 Å². The highest BCUT2D eigenvalue weighted by atomic mass is 19.4. The van der Waals surface area contributed by atoms with Crippen molar-refractivity contribution in [2.24, 2.45) is 11.8 Å². The number of aromatic nitrogens is 1. The molecule has 4 rings (SSSR count). The number of fused-ring (bicyclic) bond motifs is 2. The molecule has 1 aromatic rings. The van der Waals surface area contributed by atoms with E-state index in [4.69, 9.17) is 0 Å². The van der Waals surface area contributed by atoms with Crippen LogP contribution in [-0.2, 0) is 6.18 Å². The zero-order chi connectivity index (χ0) is 16.0. The van der Waals surface area contributed by atoms with E-state index in [0.29, 0.717) is 5.82 Å². The Bertz CT molecular complexity index is 549. The minimum absolute atomic E-state index is 0.658. The molecule has 0 radical (unpaired) electrons. The molecule has 126 valence electrons. The van der Waals surface area contributed by atoms with Crippen LogP contribution in [0.2, 0.25) is 0 Å². The van der Waals surface area contributed by atoms with Crippen molar-refractivity contribution in [3.63, 3.8) is 0 Å². The van der Waals surface area contributed by atoms with Crippen molar-refractivity contribution >= 4 is 5.82 Å². The number of halogens is 3. The van der Waals surface area contributed by atoms with Crippen LogP contribution in [0.5, 0.6) is 0 Å². The second kappa shape index (κ2) is 5.65. The van der Waals surface area contributed by atoms with Crippen LogP contribution in [0.15, 0.2) is 18.3 Å². The molecule has 2 saturated carbocycles. The largest absolute Gasteiger partial charge is 0.417 e. The number of anilines is 1. The predicted molar refractivity (Wildman–Crippen MR) is 82.3 cm³/mol. The Morgan fingerprint density at radius 3 is 2.30 bits per heavy atom. The van der Waals surface area contributed by atoms with Gasteiger partial charge < -0.3 is 4.90 Å². The van der Waals surface area contributed by atoms with Gasteiger partial charge >= 0.3 is 6.18 Å². The highest BCUT2D eigenvalue weighted by Gasteiger charge is 2.42. The number of pyridine rings is 1. The van der Waals surface area contributed by atoms with E-state index in [1.54, 1.807) is 0 Å². The molecule has 0 aromatic carbocycles. The standard InChI is InChI=1S/C17H22F3N3/c18-17(19,20)14-3-4-16(21-11-14)23-7-5-22(6-8-23)15-10-12-1-2-13(15)9-12/h3-4,11-13,15H,1-2,5-10H2. The Balaban J connectivity index is 1.36. The van der Waals surface area contributed by atoms with Crippen molar-refractivity contribution in [1.82, 2.24) is 9.88 Å². The van der Waals surface area contributed by atoms with E-state index in [1.807, 2.05) is 0 Å². The minimum atomic E-state index is -4.31. The summed E-state index contributed by atoms with van der Waals surface area (Å²) in [6, 6.07) is 3.37. The zero-order valence-corrected chi connectivity index (χ0v) is 13.1. The van der Waals surface area contributed by atoms with Gasteiger partial charge in [-0.3, -0.25) is 4.90 Å². The van der Waals surface area contributed by atoms with E-state index in [1.165, 1.54) is 31.7 Å². The molecular weight excluding hydrogens is 303 g/mol. The van der Waals surface area contributed by atoms with Gasteiger partial charge in [0.05, 0.1) is 5.56 Å². The van der Waals surface area contributed by atoms with Gasteiger partial charge in [-0.15, -0.1) is 0 Å². The molecule has 3 aliphatic rings. The van der Waals surface area contributed by atoms with E-state index in [0.717, 1.165) is 56.3 Å². The van der Waals surface area contributed by atoms with Crippen LogP contribution in [0, 0.1) is 11.8 Å². The highest BCUT2D eigenvalue weighted by molar-refractivity contribution is 5.40. The van der Waals surface area contributed by atoms with Crippen LogP contribution in [0.1, 0.15) is 31.2 Å². The van der Waals surface area contributed by atoms with Gasteiger partial charge in [-0.25, -0.2) is 4.98 Å². The Hall–Kier alpha value is -1.30. The summed E-state index contributed by atoms with van der Waals surface area (Å²) in [4.78, 5) is 8.72. The molecule has 3 nitrogen and oxygen atoms in total. The average molecular weight is 325 g/mol. The lowest BCUT2D eigenvalue weighted by Crippen LogP contribution is -2.52. The fraction of sp³-hybridized carbons (Fsp3) is 0.706. The van der Waals surface area contributed by atoms with Crippen LogP contribution in [0.4, 0.5) is 19.0 Å². The van der Waals surface area contributed by atoms with Crippen LogP contribution in [0.3, 0.4) is 0 Å². The maximum atomic E-state index is 12.6. The SMILES string of the molecule is FC(F)(F)c1ccc(N2CCN(C3CC4CCC3C4)CC2)nc1. The van der Waals surface area contributed by atoms with Gasteiger partial charge in [0.2, 0.25) is 0 Å². The van der Waals surface area contributed by atoms with Crippen molar-refractivity contribution in [1.29, 1.82) is 0 Å². The smallest absolute Gasteiger partial charge is 0.354 e. The molecule has 3 fully saturated rings. The number of hydrogen-bond acceptors (Lipinski definition) is 3. The van der Waals surface area contributed by atoms with E-state index < -0.39 is 11.7 Å². The van der Waals surface area contributed by atoms with Crippen molar-refractivity contribution in [3.8, 4) is 0 Å². The van der Waals surface area contributed by atoms with Crippen LogP contribution >= 0.6 is 0 Å². The highest BCUT2D eigenvalue weighted by Crippen LogP contribution is 2.46. The first-order chi connectivity index (χ1) is 11.0. The molecule has 1 aliphatic heterocycles. The van der Waals surface area contributed by atoms with E-state index in [9.17, 15) is 13.2 Å². The van der Waals surface area contributed by atoms with Gasteiger partial charge in [0.1, 0.15) is 5.82 Å². The average Bonchev–Trinajstić information content (AvgIpc) is 3.17. The normalized spacial score (nSPS) is 31.8. The summed E-state index contributed by atoms with van der Waals surface area (Å²) in [5, 5.41) is 0. The van der Waals surface area contributed by atoms with E-state index >= 15 is 0 Å². The summed E-state index contributed by atoms with van der Waals surface area (Å²) < 4.78 is 37.8. The minimum Gasteiger partial charge on any atom is -0.354 e. The summed E-state index contributed by atoms with van der Waals surface area (Å²) in [5.74, 6) is 2.49. The van der Waals surface area contributed by atoms with Crippen molar-refractivity contribution in [2.75, 3.05) is 31.1 Å². The summed E-state index contributed by atoms with van der Waals surface area (Å²) in [7, 11) is 0. The second-order valence-electron chi connectivity index (χ2n) is 7.17. The second-order valence-corrected chi connectivity index (χ2v) is 7.17. The summed E-state index contributed by atoms with van der Waals surface area (Å²) in [6.07, 6.45) is 2.19. The van der Waals surface area contributed by atoms with Crippen LogP contribution in [0.25, 0.3) is 0 Å². The third-order valence-electron chi connectivity index (χ3n) is 5.88. The fourth-order valence-electron chi connectivity index (χ4n) is 4.68. The van der Waals surface area contributed by atoms with Crippen molar-refractivity contribution in [3.05, 3.63) is 23.9 Å². The molecule has 0 spiro atoms. The molecule has 2 aliphatic carbocycles. The molecule has 2 bridgehead atoms. The maximum absolute atomic E-state index is 12.6. The Kier molecular flexibility index (Phi) is 3.75. The summed E-state index contributed by atoms with van der Waals surface area (Å²) in [6.45, 7) is 3.70. The van der Waals surface area contributed by atoms with Gasteiger partial charge in [-0.1, -0.05) is 6.42 Å². The predicted octanol–water partition coefficient (Wildman–Crippen LogP) is 3.41. The fourth-order valence-corrected chi connectivity index (χ4v) is 4.68. The molecule has 6 heteroatoms. The molecule has 3 atom stereocenters.